The Kier molecular flexibility index (Phi) is 4.07. The van der Waals surface area contributed by atoms with E-state index in [4.69, 9.17) is 0 Å². The van der Waals surface area contributed by atoms with Gasteiger partial charge in [0, 0.05) is 17.5 Å². The molecule has 100 valence electrons. The molecule has 1 heterocycles. The lowest BCUT2D eigenvalue weighted by Crippen LogP contribution is -2.23. The fourth-order valence-corrected chi connectivity index (χ4v) is 2.15. The quantitative estimate of drug-likeness (QED) is 0.650. The molecule has 1 aliphatic rings. The summed E-state index contributed by atoms with van der Waals surface area (Å²) in [5.74, 6) is 6.21. The fraction of sp³-hybridized carbons (Fsp3) is 0.471. The molecule has 0 bridgehead atoms. The van der Waals surface area contributed by atoms with E-state index in [-0.39, 0.29) is 11.2 Å². The van der Waals surface area contributed by atoms with Gasteiger partial charge in [0.15, 0.2) is 5.78 Å². The number of benzene rings is 1. The van der Waals surface area contributed by atoms with Crippen LogP contribution in [0.4, 0.5) is 0 Å². The van der Waals surface area contributed by atoms with Crippen molar-refractivity contribution in [2.24, 2.45) is 5.41 Å². The summed E-state index contributed by atoms with van der Waals surface area (Å²) in [6.45, 7) is 8.04. The molecule has 2 nitrogen and oxygen atoms in total. The first-order valence-electron chi connectivity index (χ1n) is 6.81. The summed E-state index contributed by atoms with van der Waals surface area (Å²) < 4.78 is 0. The number of rotatable bonds is 2. The zero-order valence-corrected chi connectivity index (χ0v) is 12.0. The third-order valence-electron chi connectivity index (χ3n) is 3.13. The molecule has 0 saturated carbocycles. The Morgan fingerprint density at radius 3 is 2.84 bits per heavy atom. The smallest absolute Gasteiger partial charge is 0.174 e. The Labute approximate surface area is 115 Å². The van der Waals surface area contributed by atoms with Crippen molar-refractivity contribution in [2.45, 2.75) is 40.2 Å². The molecule has 0 radical (unpaired) electrons. The second-order valence-corrected chi connectivity index (χ2v) is 6.06. The van der Waals surface area contributed by atoms with Crippen LogP contribution in [0.5, 0.6) is 0 Å². The van der Waals surface area contributed by atoms with Crippen molar-refractivity contribution in [1.29, 1.82) is 0 Å². The minimum Gasteiger partial charge on any atom is -0.312 e. The highest BCUT2D eigenvalue weighted by molar-refractivity contribution is 5.97. The van der Waals surface area contributed by atoms with Gasteiger partial charge in [-0.25, -0.2) is 0 Å². The predicted molar refractivity (Wildman–Crippen MR) is 78.0 cm³/mol. The first-order valence-corrected chi connectivity index (χ1v) is 6.81. The molecule has 0 amide bonds. The van der Waals surface area contributed by atoms with E-state index < -0.39 is 0 Å². The maximum Gasteiger partial charge on any atom is 0.174 e. The molecule has 19 heavy (non-hydrogen) atoms. The van der Waals surface area contributed by atoms with Gasteiger partial charge in [0.05, 0.1) is 6.42 Å². The zero-order valence-electron chi connectivity index (χ0n) is 12.0. The standard InChI is InChI=1S/C17H21NO/c1-17(2,3)9-4-5-16(19)14-7-6-13-8-10-18-12-15(13)11-14/h6-7,11,18H,5,8,10,12H2,1-3H3. The van der Waals surface area contributed by atoms with Crippen LogP contribution in [0.25, 0.3) is 0 Å². The van der Waals surface area contributed by atoms with Gasteiger partial charge in [-0.2, -0.15) is 0 Å². The van der Waals surface area contributed by atoms with Gasteiger partial charge < -0.3 is 5.32 Å². The monoisotopic (exact) mass is 255 g/mol. The summed E-state index contributed by atoms with van der Waals surface area (Å²) in [4.78, 5) is 12.1. The van der Waals surface area contributed by atoms with Crippen molar-refractivity contribution < 1.29 is 4.79 Å². The minimum absolute atomic E-state index is 0.0416. The van der Waals surface area contributed by atoms with Crippen LogP contribution in [-0.4, -0.2) is 12.3 Å². The van der Waals surface area contributed by atoms with E-state index in [1.165, 1.54) is 11.1 Å². The van der Waals surface area contributed by atoms with Gasteiger partial charge in [0.1, 0.15) is 0 Å². The predicted octanol–water partition coefficient (Wildman–Crippen LogP) is 2.95. The van der Waals surface area contributed by atoms with Gasteiger partial charge in [0.2, 0.25) is 0 Å². The summed E-state index contributed by atoms with van der Waals surface area (Å²) in [5, 5.41) is 3.33. The van der Waals surface area contributed by atoms with Crippen molar-refractivity contribution in [2.75, 3.05) is 6.54 Å². The molecule has 0 atom stereocenters. The molecule has 0 unspecified atom stereocenters. The third-order valence-corrected chi connectivity index (χ3v) is 3.13. The number of fused-ring (bicyclic) bond motifs is 1. The number of hydrogen-bond donors (Lipinski definition) is 1. The Morgan fingerprint density at radius 1 is 1.32 bits per heavy atom. The van der Waals surface area contributed by atoms with Crippen molar-refractivity contribution in [3.63, 3.8) is 0 Å². The number of Topliss-reactive ketones (excluding diaryl/α,β-unsaturated/α-hetero) is 1. The van der Waals surface area contributed by atoms with E-state index in [0.29, 0.717) is 6.42 Å². The van der Waals surface area contributed by atoms with Gasteiger partial charge in [-0.1, -0.05) is 24.0 Å². The van der Waals surface area contributed by atoms with E-state index in [0.717, 1.165) is 25.1 Å². The van der Waals surface area contributed by atoms with Gasteiger partial charge in [-0.3, -0.25) is 4.79 Å². The third kappa shape index (κ3) is 3.94. The maximum atomic E-state index is 12.1. The Balaban J connectivity index is 2.09. The molecule has 1 N–H and O–H groups in total. The van der Waals surface area contributed by atoms with Gasteiger partial charge in [-0.05, 0) is 50.9 Å². The molecule has 0 fully saturated rings. The van der Waals surface area contributed by atoms with Crippen molar-refractivity contribution in [3.8, 4) is 11.8 Å². The summed E-state index contributed by atoms with van der Waals surface area (Å²) in [7, 11) is 0. The fourth-order valence-electron chi connectivity index (χ4n) is 2.15. The van der Waals surface area contributed by atoms with E-state index in [1.54, 1.807) is 0 Å². The van der Waals surface area contributed by atoms with Crippen molar-refractivity contribution in [3.05, 3.63) is 34.9 Å². The molecule has 0 aliphatic carbocycles. The molecule has 2 rings (SSSR count). The molecular weight excluding hydrogens is 234 g/mol. The Bertz CT molecular complexity index is 541. The Morgan fingerprint density at radius 2 is 2.11 bits per heavy atom. The highest BCUT2D eigenvalue weighted by Gasteiger charge is 2.12. The van der Waals surface area contributed by atoms with Crippen LogP contribution in [0.2, 0.25) is 0 Å². The van der Waals surface area contributed by atoms with E-state index >= 15 is 0 Å². The summed E-state index contributed by atoms with van der Waals surface area (Å²) in [6.07, 6.45) is 1.36. The number of carbonyl (C=O) groups excluding carboxylic acids is 1. The molecular formula is C17H21NO. The molecule has 0 aromatic heterocycles. The van der Waals surface area contributed by atoms with Crippen molar-refractivity contribution in [1.82, 2.24) is 5.32 Å². The van der Waals surface area contributed by atoms with Crippen LogP contribution in [-0.2, 0) is 13.0 Å². The molecule has 1 aromatic carbocycles. The number of hydrogen-bond acceptors (Lipinski definition) is 2. The van der Waals surface area contributed by atoms with Gasteiger partial charge in [0.25, 0.3) is 0 Å². The Hall–Kier alpha value is -1.59. The lowest BCUT2D eigenvalue weighted by molar-refractivity contribution is 0.0998. The van der Waals surface area contributed by atoms with Crippen LogP contribution in [0, 0.1) is 17.3 Å². The average molecular weight is 255 g/mol. The maximum absolute atomic E-state index is 12.1. The summed E-state index contributed by atoms with van der Waals surface area (Å²) >= 11 is 0. The van der Waals surface area contributed by atoms with Crippen LogP contribution < -0.4 is 5.32 Å². The first-order chi connectivity index (χ1) is 8.96. The number of nitrogens with one attached hydrogen (secondary N) is 1. The molecule has 0 spiro atoms. The zero-order chi connectivity index (χ0) is 13.9. The van der Waals surface area contributed by atoms with E-state index in [1.807, 2.05) is 12.1 Å². The first kappa shape index (κ1) is 13.8. The van der Waals surface area contributed by atoms with E-state index in [2.05, 4.69) is 44.0 Å². The number of ketones is 1. The topological polar surface area (TPSA) is 29.1 Å². The van der Waals surface area contributed by atoms with Gasteiger partial charge >= 0.3 is 0 Å². The van der Waals surface area contributed by atoms with Crippen LogP contribution in [0.15, 0.2) is 18.2 Å². The molecule has 1 aromatic rings. The SMILES string of the molecule is CC(C)(C)C#CCC(=O)c1ccc2c(c1)CNCC2. The second-order valence-electron chi connectivity index (χ2n) is 6.06. The molecule has 0 saturated heterocycles. The highest BCUT2D eigenvalue weighted by atomic mass is 16.1. The van der Waals surface area contributed by atoms with Crippen molar-refractivity contribution >= 4 is 5.78 Å². The summed E-state index contributed by atoms with van der Waals surface area (Å²) in [5.41, 5.74) is 3.35. The lowest BCUT2D eigenvalue weighted by Gasteiger charge is -2.17. The normalized spacial score (nSPS) is 14.3. The minimum atomic E-state index is -0.0416. The molecule has 2 heteroatoms. The molecule has 1 aliphatic heterocycles. The number of carbonyl (C=O) groups is 1. The van der Waals surface area contributed by atoms with Crippen LogP contribution in [0.1, 0.15) is 48.7 Å². The van der Waals surface area contributed by atoms with Gasteiger partial charge in [-0.15, -0.1) is 0 Å². The largest absolute Gasteiger partial charge is 0.312 e. The second kappa shape index (κ2) is 5.59. The van der Waals surface area contributed by atoms with E-state index in [9.17, 15) is 4.79 Å². The van der Waals surface area contributed by atoms with Crippen LogP contribution >= 0.6 is 0 Å². The average Bonchev–Trinajstić information content (AvgIpc) is 2.36. The lowest BCUT2D eigenvalue weighted by atomic mass is 9.95. The van der Waals surface area contributed by atoms with Crippen LogP contribution in [0.3, 0.4) is 0 Å². The summed E-state index contributed by atoms with van der Waals surface area (Å²) in [6, 6.07) is 6.04. The highest BCUT2D eigenvalue weighted by Crippen LogP contribution is 2.17.